The number of allylic oxidation sites excluding steroid dienone is 2. The van der Waals surface area contributed by atoms with Gasteiger partial charge >= 0.3 is 0 Å². The summed E-state index contributed by atoms with van der Waals surface area (Å²) < 4.78 is 13.3. The molecule has 1 aliphatic heterocycles. The van der Waals surface area contributed by atoms with E-state index in [0.29, 0.717) is 15.7 Å². The molecule has 2 aromatic rings. The Hall–Kier alpha value is -2.89. The molecule has 0 amide bonds. The quantitative estimate of drug-likeness (QED) is 0.726. The van der Waals surface area contributed by atoms with Gasteiger partial charge in [0.05, 0.1) is 0 Å². The first-order valence-corrected chi connectivity index (χ1v) is 11.1. The number of nitriles is 1. The Morgan fingerprint density at radius 1 is 1.19 bits per heavy atom. The number of thiazole rings is 1. The lowest BCUT2D eigenvalue weighted by Gasteiger charge is -2.33. The van der Waals surface area contributed by atoms with E-state index in [1.54, 1.807) is 12.1 Å². The third kappa shape index (κ3) is 5.24. The maximum Gasteiger partial charge on any atom is 0.192 e. The van der Waals surface area contributed by atoms with E-state index in [-0.39, 0.29) is 5.82 Å². The smallest absolute Gasteiger partial charge is 0.192 e. The van der Waals surface area contributed by atoms with Gasteiger partial charge in [0.15, 0.2) is 5.13 Å². The molecule has 1 saturated heterocycles. The zero-order chi connectivity index (χ0) is 22.5. The van der Waals surface area contributed by atoms with Gasteiger partial charge in [-0.2, -0.15) is 5.26 Å². The molecule has 1 aliphatic rings. The van der Waals surface area contributed by atoms with Crippen LogP contribution in [0.5, 0.6) is 0 Å². The second kappa shape index (κ2) is 9.94. The third-order valence-electron chi connectivity index (χ3n) is 5.22. The van der Waals surface area contributed by atoms with Crippen molar-refractivity contribution in [1.29, 1.82) is 5.26 Å². The van der Waals surface area contributed by atoms with Crippen LogP contribution < -0.4 is 10.2 Å². The number of piperazine rings is 1. The van der Waals surface area contributed by atoms with Crippen molar-refractivity contribution in [2.45, 2.75) is 20.8 Å². The molecule has 0 atom stereocenters. The van der Waals surface area contributed by atoms with Crippen LogP contribution in [0.2, 0.25) is 0 Å². The molecule has 1 aromatic carbocycles. The molecule has 6 nitrogen and oxygen atoms in total. The number of hydrogen-bond donors (Lipinski definition) is 1. The Labute approximate surface area is 187 Å². The van der Waals surface area contributed by atoms with E-state index in [0.717, 1.165) is 43.1 Å². The highest BCUT2D eigenvalue weighted by Crippen LogP contribution is 2.34. The molecule has 3 rings (SSSR count). The summed E-state index contributed by atoms with van der Waals surface area (Å²) in [5.41, 5.74) is 3.65. The van der Waals surface area contributed by atoms with E-state index < -0.39 is 0 Å². The molecule has 0 spiro atoms. The zero-order valence-corrected chi connectivity index (χ0v) is 19.6. The van der Waals surface area contributed by atoms with E-state index in [9.17, 15) is 9.65 Å². The number of anilines is 1. The molecule has 0 aliphatic carbocycles. The number of nitrogens with one attached hydrogen (secondary N) is 1. The molecule has 0 bridgehead atoms. The summed E-state index contributed by atoms with van der Waals surface area (Å²) in [6.07, 6.45) is 2.14. The topological polar surface area (TPSA) is 58.4 Å². The average molecular weight is 441 g/mol. The minimum Gasteiger partial charge on any atom is -0.371 e. The second-order valence-electron chi connectivity index (χ2n) is 7.79. The Morgan fingerprint density at radius 3 is 2.42 bits per heavy atom. The van der Waals surface area contributed by atoms with Crippen molar-refractivity contribution in [1.82, 2.24) is 20.1 Å². The van der Waals surface area contributed by atoms with Crippen LogP contribution in [0.4, 0.5) is 9.52 Å². The molecule has 2 heterocycles. The monoisotopic (exact) mass is 440 g/mol. The van der Waals surface area contributed by atoms with Gasteiger partial charge in [0, 0.05) is 57.7 Å². The van der Waals surface area contributed by atoms with Crippen molar-refractivity contribution in [3.63, 3.8) is 0 Å². The van der Waals surface area contributed by atoms with Crippen LogP contribution in [0.15, 0.2) is 47.6 Å². The maximum atomic E-state index is 13.3. The number of halogens is 1. The first kappa shape index (κ1) is 22.8. The first-order chi connectivity index (χ1) is 14.8. The highest BCUT2D eigenvalue weighted by molar-refractivity contribution is 7.16. The minimum absolute atomic E-state index is 0.310. The van der Waals surface area contributed by atoms with Crippen molar-refractivity contribution in [2.75, 3.05) is 45.2 Å². The first-order valence-electron chi connectivity index (χ1n) is 10.3. The van der Waals surface area contributed by atoms with Gasteiger partial charge in [-0.05, 0) is 50.6 Å². The summed E-state index contributed by atoms with van der Waals surface area (Å²) in [6, 6.07) is 8.32. The highest BCUT2D eigenvalue weighted by atomic mass is 32.1. The van der Waals surface area contributed by atoms with Crippen molar-refractivity contribution in [3.05, 3.63) is 58.3 Å². The summed E-state index contributed by atoms with van der Waals surface area (Å²) in [5.74, 6) is 0.688. The maximum absolute atomic E-state index is 13.3. The van der Waals surface area contributed by atoms with Crippen molar-refractivity contribution >= 4 is 16.5 Å². The molecule has 1 fully saturated rings. The molecular weight excluding hydrogens is 411 g/mol. The number of aromatic nitrogens is 1. The predicted molar refractivity (Wildman–Crippen MR) is 125 cm³/mol. The van der Waals surface area contributed by atoms with Crippen molar-refractivity contribution in [2.24, 2.45) is 0 Å². The molecular formula is C23H29FN6S. The van der Waals surface area contributed by atoms with E-state index in [4.69, 9.17) is 4.98 Å². The summed E-state index contributed by atoms with van der Waals surface area (Å²) in [4.78, 5) is 11.7. The third-order valence-corrected chi connectivity index (χ3v) is 6.25. The Bertz CT molecular complexity index is 1010. The number of hydrogen-bond acceptors (Lipinski definition) is 7. The molecule has 1 aromatic heterocycles. The Kier molecular flexibility index (Phi) is 7.31. The number of nitrogens with zero attached hydrogens (tertiary/aromatic N) is 5. The summed E-state index contributed by atoms with van der Waals surface area (Å²) in [6.45, 7) is 10.2. The summed E-state index contributed by atoms with van der Waals surface area (Å²) >= 11 is 1.34. The van der Waals surface area contributed by atoms with Crippen molar-refractivity contribution in [3.8, 4) is 17.3 Å². The van der Waals surface area contributed by atoms with Gasteiger partial charge in [-0.15, -0.1) is 0 Å². The van der Waals surface area contributed by atoms with Crippen LogP contribution >= 0.6 is 11.3 Å². The summed E-state index contributed by atoms with van der Waals surface area (Å²) in [5, 5.41) is 13.7. The van der Waals surface area contributed by atoms with Crippen LogP contribution in [0, 0.1) is 17.1 Å². The molecule has 0 radical (unpaired) electrons. The van der Waals surface area contributed by atoms with Crippen LogP contribution in [0.3, 0.4) is 0 Å². The second-order valence-corrected chi connectivity index (χ2v) is 8.77. The molecule has 0 unspecified atom stereocenters. The van der Waals surface area contributed by atoms with Crippen LogP contribution in [-0.2, 0) is 0 Å². The van der Waals surface area contributed by atoms with E-state index in [1.165, 1.54) is 29.2 Å². The van der Waals surface area contributed by atoms with Crippen molar-refractivity contribution < 1.29 is 4.39 Å². The molecule has 164 valence electrons. The Balaban J connectivity index is 1.90. The van der Waals surface area contributed by atoms with Gasteiger partial charge in [0.2, 0.25) is 0 Å². The molecule has 8 heteroatoms. The summed E-state index contributed by atoms with van der Waals surface area (Å²) in [7, 11) is 3.99. The largest absolute Gasteiger partial charge is 0.371 e. The highest BCUT2D eigenvalue weighted by Gasteiger charge is 2.21. The fourth-order valence-corrected chi connectivity index (χ4v) is 4.64. The molecule has 1 N–H and O–H groups in total. The van der Waals surface area contributed by atoms with Gasteiger partial charge in [-0.1, -0.05) is 11.3 Å². The van der Waals surface area contributed by atoms with Gasteiger partial charge < -0.3 is 20.0 Å². The lowest BCUT2D eigenvalue weighted by Crippen LogP contribution is -2.42. The zero-order valence-electron chi connectivity index (χ0n) is 18.7. The fraction of sp³-hybridized carbons (Fsp3) is 0.391. The van der Waals surface area contributed by atoms with E-state index >= 15 is 0 Å². The van der Waals surface area contributed by atoms with Gasteiger partial charge in [-0.25, -0.2) is 9.37 Å². The minimum atomic E-state index is -0.310. The van der Waals surface area contributed by atoms with Gasteiger partial charge in [0.1, 0.15) is 28.3 Å². The number of benzene rings is 1. The van der Waals surface area contributed by atoms with Gasteiger partial charge in [-0.3, -0.25) is 0 Å². The molecule has 0 saturated carbocycles. The van der Waals surface area contributed by atoms with Crippen LogP contribution in [0.25, 0.3) is 11.3 Å². The standard InChI is InChI=1S/C23H29FN6S/c1-16(2)22(28(4)15-17(3)30-12-10-26-11-13-30)29(5)23-27-21(20(14-25)31-23)18-6-8-19(24)9-7-18/h6-9,15,26H,10-13H2,1-5H3/b17-15+. The van der Waals surface area contributed by atoms with E-state index in [2.05, 4.69) is 48.2 Å². The number of rotatable bonds is 6. The van der Waals surface area contributed by atoms with E-state index in [1.807, 2.05) is 19.0 Å². The van der Waals surface area contributed by atoms with Gasteiger partial charge in [0.25, 0.3) is 0 Å². The SMILES string of the molecule is CC(C)=C(N(C)/C=C(\C)N1CCNCC1)N(C)c1nc(-c2ccc(F)cc2)c(C#N)s1. The lowest BCUT2D eigenvalue weighted by atomic mass is 10.1. The Morgan fingerprint density at radius 2 is 1.84 bits per heavy atom. The average Bonchev–Trinajstić information content (AvgIpc) is 3.19. The normalized spacial score (nSPS) is 14.2. The van der Waals surface area contributed by atoms with Crippen LogP contribution in [-0.4, -0.2) is 55.1 Å². The lowest BCUT2D eigenvalue weighted by molar-refractivity contribution is 0.294. The molecule has 31 heavy (non-hydrogen) atoms. The van der Waals surface area contributed by atoms with Crippen LogP contribution in [0.1, 0.15) is 25.6 Å². The fourth-order valence-electron chi connectivity index (χ4n) is 3.79. The predicted octanol–water partition coefficient (Wildman–Crippen LogP) is 4.21.